The molecule has 0 aliphatic carbocycles. The summed E-state index contributed by atoms with van der Waals surface area (Å²) in [6.07, 6.45) is -0.422. The largest absolute Gasteiger partial charge is 0.490 e. The van der Waals surface area contributed by atoms with Crippen LogP contribution in [-0.4, -0.2) is 49.0 Å². The van der Waals surface area contributed by atoms with Crippen LogP contribution >= 0.6 is 0 Å². The summed E-state index contributed by atoms with van der Waals surface area (Å²) in [6.45, 7) is 2.44. The van der Waals surface area contributed by atoms with Crippen molar-refractivity contribution in [2.45, 2.75) is 13.0 Å². The van der Waals surface area contributed by atoms with Crippen molar-refractivity contribution in [3.63, 3.8) is 0 Å². The lowest BCUT2D eigenvalue weighted by Gasteiger charge is -2.33. The Morgan fingerprint density at radius 2 is 1.84 bits per heavy atom. The fourth-order valence-electron chi connectivity index (χ4n) is 3.71. The maximum Gasteiger partial charge on any atom is 0.254 e. The Labute approximate surface area is 178 Å². The van der Waals surface area contributed by atoms with Gasteiger partial charge in [0.1, 0.15) is 30.1 Å². The van der Waals surface area contributed by atoms with Crippen LogP contribution in [0.25, 0.3) is 10.8 Å². The first-order valence-corrected chi connectivity index (χ1v) is 9.95. The SMILES string of the molecule is CC(=O)c1cc(F)ccc1OCC1CN(C(=O)c2ccc(F)c3ccccc23)CCO1. The van der Waals surface area contributed by atoms with Gasteiger partial charge in [-0.05, 0) is 42.6 Å². The number of Topliss-reactive ketones (excluding diaryl/α,β-unsaturated/α-hetero) is 1. The van der Waals surface area contributed by atoms with Crippen molar-refractivity contribution in [1.82, 2.24) is 4.90 Å². The standard InChI is InChI=1S/C24H21F2NO4/c1-15(28)21-12-16(25)6-9-23(21)31-14-17-13-27(10-11-30-17)24(29)20-7-8-22(26)19-5-3-2-4-18(19)20/h2-9,12,17H,10-11,13-14H2,1H3. The van der Waals surface area contributed by atoms with Crippen LogP contribution in [0.5, 0.6) is 5.75 Å². The van der Waals surface area contributed by atoms with Gasteiger partial charge in [0.2, 0.25) is 0 Å². The normalized spacial score (nSPS) is 16.4. The average Bonchev–Trinajstić information content (AvgIpc) is 2.78. The van der Waals surface area contributed by atoms with Crippen molar-refractivity contribution in [3.05, 3.63) is 77.4 Å². The molecule has 5 nitrogen and oxygen atoms in total. The Kier molecular flexibility index (Phi) is 5.95. The Balaban J connectivity index is 1.48. The highest BCUT2D eigenvalue weighted by Crippen LogP contribution is 2.25. The van der Waals surface area contributed by atoms with Crippen molar-refractivity contribution in [1.29, 1.82) is 0 Å². The minimum Gasteiger partial charge on any atom is -0.490 e. The minimum absolute atomic E-state index is 0.0971. The molecule has 4 rings (SSSR count). The summed E-state index contributed by atoms with van der Waals surface area (Å²) in [5, 5.41) is 0.957. The molecule has 31 heavy (non-hydrogen) atoms. The van der Waals surface area contributed by atoms with Crippen molar-refractivity contribution in [2.75, 3.05) is 26.3 Å². The molecule has 160 valence electrons. The zero-order chi connectivity index (χ0) is 22.0. The first kappa shape index (κ1) is 20.9. The molecule has 1 heterocycles. The Hall–Kier alpha value is -3.32. The van der Waals surface area contributed by atoms with E-state index in [4.69, 9.17) is 9.47 Å². The van der Waals surface area contributed by atoms with Crippen LogP contribution in [-0.2, 0) is 4.74 Å². The Morgan fingerprint density at radius 3 is 2.61 bits per heavy atom. The van der Waals surface area contributed by atoms with Gasteiger partial charge in [-0.15, -0.1) is 0 Å². The first-order chi connectivity index (χ1) is 14.9. The number of benzene rings is 3. The zero-order valence-electron chi connectivity index (χ0n) is 16.9. The third kappa shape index (κ3) is 4.41. The van der Waals surface area contributed by atoms with E-state index in [-0.39, 0.29) is 42.0 Å². The molecule has 1 fully saturated rings. The van der Waals surface area contributed by atoms with Crippen LogP contribution in [0.15, 0.2) is 54.6 Å². The number of ether oxygens (including phenoxy) is 2. The molecule has 0 N–H and O–H groups in total. The average molecular weight is 425 g/mol. The molecule has 0 spiro atoms. The van der Waals surface area contributed by atoms with Crippen LogP contribution in [0.3, 0.4) is 0 Å². The maximum atomic E-state index is 14.1. The molecule has 0 saturated carbocycles. The van der Waals surface area contributed by atoms with Crippen LogP contribution in [0.1, 0.15) is 27.6 Å². The number of hydrogen-bond acceptors (Lipinski definition) is 4. The molecule has 3 aromatic rings. The predicted molar refractivity (Wildman–Crippen MR) is 111 cm³/mol. The van der Waals surface area contributed by atoms with Gasteiger partial charge >= 0.3 is 0 Å². The van der Waals surface area contributed by atoms with Crippen LogP contribution < -0.4 is 4.74 Å². The van der Waals surface area contributed by atoms with Gasteiger partial charge in [-0.3, -0.25) is 9.59 Å². The Bertz CT molecular complexity index is 1150. The van der Waals surface area contributed by atoms with Crippen molar-refractivity contribution in [2.24, 2.45) is 0 Å². The second-order valence-corrected chi connectivity index (χ2v) is 7.39. The molecule has 0 radical (unpaired) electrons. The fourth-order valence-corrected chi connectivity index (χ4v) is 3.71. The molecule has 3 aromatic carbocycles. The number of nitrogens with zero attached hydrogens (tertiary/aromatic N) is 1. The predicted octanol–water partition coefficient (Wildman–Crippen LogP) is 4.24. The van der Waals surface area contributed by atoms with Gasteiger partial charge in [-0.1, -0.05) is 24.3 Å². The van der Waals surface area contributed by atoms with Crippen LogP contribution in [0.2, 0.25) is 0 Å². The second kappa shape index (κ2) is 8.81. The van der Waals surface area contributed by atoms with Gasteiger partial charge in [0.15, 0.2) is 5.78 Å². The van der Waals surface area contributed by atoms with Crippen LogP contribution in [0, 0.1) is 11.6 Å². The number of fused-ring (bicyclic) bond motifs is 1. The summed E-state index contributed by atoms with van der Waals surface area (Å²) >= 11 is 0. The van der Waals surface area contributed by atoms with Crippen molar-refractivity contribution < 1.29 is 27.8 Å². The molecule has 1 unspecified atom stereocenters. The molecule has 1 amide bonds. The summed E-state index contributed by atoms with van der Waals surface area (Å²) in [4.78, 5) is 26.5. The summed E-state index contributed by atoms with van der Waals surface area (Å²) in [6, 6.07) is 13.4. The summed E-state index contributed by atoms with van der Waals surface area (Å²) in [5.41, 5.74) is 0.581. The van der Waals surface area contributed by atoms with E-state index in [2.05, 4.69) is 0 Å². The Morgan fingerprint density at radius 1 is 1.06 bits per heavy atom. The molecule has 1 saturated heterocycles. The first-order valence-electron chi connectivity index (χ1n) is 9.95. The molecular formula is C24H21F2NO4. The lowest BCUT2D eigenvalue weighted by atomic mass is 10.0. The van der Waals surface area contributed by atoms with E-state index in [1.165, 1.54) is 31.2 Å². The van der Waals surface area contributed by atoms with Gasteiger partial charge < -0.3 is 14.4 Å². The second-order valence-electron chi connectivity index (χ2n) is 7.39. The monoisotopic (exact) mass is 425 g/mol. The van der Waals surface area contributed by atoms with Gasteiger partial charge in [0.05, 0.1) is 18.7 Å². The third-order valence-electron chi connectivity index (χ3n) is 5.27. The van der Waals surface area contributed by atoms with Crippen molar-refractivity contribution >= 4 is 22.5 Å². The minimum atomic E-state index is -0.519. The van der Waals surface area contributed by atoms with E-state index in [1.54, 1.807) is 29.2 Å². The number of carbonyl (C=O) groups excluding carboxylic acids is 2. The highest BCUT2D eigenvalue weighted by atomic mass is 19.1. The zero-order valence-corrected chi connectivity index (χ0v) is 16.9. The fraction of sp³-hybridized carbons (Fsp3) is 0.250. The van der Waals surface area contributed by atoms with Gasteiger partial charge in [-0.2, -0.15) is 0 Å². The lowest BCUT2D eigenvalue weighted by molar-refractivity contribution is -0.0401. The summed E-state index contributed by atoms with van der Waals surface area (Å²) in [7, 11) is 0. The molecule has 1 atom stereocenters. The van der Waals surface area contributed by atoms with E-state index in [0.717, 1.165) is 6.07 Å². The van der Waals surface area contributed by atoms with E-state index in [9.17, 15) is 18.4 Å². The van der Waals surface area contributed by atoms with Gasteiger partial charge in [-0.25, -0.2) is 8.78 Å². The molecule has 0 aromatic heterocycles. The number of hydrogen-bond donors (Lipinski definition) is 0. The number of morpholine rings is 1. The number of rotatable bonds is 5. The number of amides is 1. The van der Waals surface area contributed by atoms with Gasteiger partial charge in [0, 0.05) is 17.5 Å². The number of carbonyl (C=O) groups is 2. The maximum absolute atomic E-state index is 14.1. The van der Waals surface area contributed by atoms with E-state index in [1.807, 2.05) is 0 Å². The highest BCUT2D eigenvalue weighted by Gasteiger charge is 2.27. The number of halogens is 2. The van der Waals surface area contributed by atoms with Crippen molar-refractivity contribution in [3.8, 4) is 5.75 Å². The van der Waals surface area contributed by atoms with Gasteiger partial charge in [0.25, 0.3) is 5.91 Å². The van der Waals surface area contributed by atoms with E-state index < -0.39 is 11.9 Å². The topological polar surface area (TPSA) is 55.8 Å². The molecule has 7 heteroatoms. The third-order valence-corrected chi connectivity index (χ3v) is 5.27. The molecular weight excluding hydrogens is 404 g/mol. The summed E-state index contributed by atoms with van der Waals surface area (Å²) in [5.74, 6) is -1.14. The quantitative estimate of drug-likeness (QED) is 0.574. The molecule has 1 aliphatic heterocycles. The van der Waals surface area contributed by atoms with E-state index >= 15 is 0 Å². The number of ketones is 1. The smallest absolute Gasteiger partial charge is 0.254 e. The molecule has 0 bridgehead atoms. The lowest BCUT2D eigenvalue weighted by Crippen LogP contribution is -2.47. The molecule has 1 aliphatic rings. The van der Waals surface area contributed by atoms with Crippen LogP contribution in [0.4, 0.5) is 8.78 Å². The van der Waals surface area contributed by atoms with E-state index in [0.29, 0.717) is 29.5 Å². The summed E-state index contributed by atoms with van der Waals surface area (Å²) < 4.78 is 39.0. The highest BCUT2D eigenvalue weighted by molar-refractivity contribution is 6.07.